The minimum Gasteiger partial charge on any atom is -0.392 e. The van der Waals surface area contributed by atoms with Crippen LogP contribution in [0.25, 0.3) is 0 Å². The quantitative estimate of drug-likeness (QED) is 0.623. The summed E-state index contributed by atoms with van der Waals surface area (Å²) in [6.45, 7) is 8.26. The maximum absolute atomic E-state index is 9.56. The second-order valence-corrected chi connectivity index (χ2v) is 4.00. The van der Waals surface area contributed by atoms with Crippen molar-refractivity contribution in [3.8, 4) is 0 Å². The van der Waals surface area contributed by atoms with E-state index in [-0.39, 0.29) is 11.5 Å². The Balaban J connectivity index is 3.69. The fourth-order valence-corrected chi connectivity index (χ4v) is 0.745. The van der Waals surface area contributed by atoms with Crippen molar-refractivity contribution in [3.05, 3.63) is 12.2 Å². The molecule has 1 heteroatoms. The normalized spacial score (nSPS) is 15.7. The summed E-state index contributed by atoms with van der Waals surface area (Å²) in [5.41, 5.74) is 0.0120. The van der Waals surface area contributed by atoms with Crippen molar-refractivity contribution in [1.82, 2.24) is 0 Å². The molecule has 0 aliphatic rings. The molecule has 0 saturated heterocycles. The van der Waals surface area contributed by atoms with Crippen LogP contribution in [0.5, 0.6) is 0 Å². The monoisotopic (exact) mass is 156 g/mol. The van der Waals surface area contributed by atoms with Crippen LogP contribution in [0, 0.1) is 5.41 Å². The molecular weight excluding hydrogens is 136 g/mol. The second kappa shape index (κ2) is 4.55. The lowest BCUT2D eigenvalue weighted by Crippen LogP contribution is -2.24. The number of hydrogen-bond donors (Lipinski definition) is 1. The first-order chi connectivity index (χ1) is 4.98. The van der Waals surface area contributed by atoms with Gasteiger partial charge in [0.2, 0.25) is 0 Å². The van der Waals surface area contributed by atoms with Crippen molar-refractivity contribution in [3.63, 3.8) is 0 Å². The van der Waals surface area contributed by atoms with Gasteiger partial charge in [-0.2, -0.15) is 0 Å². The van der Waals surface area contributed by atoms with E-state index in [1.807, 2.05) is 0 Å². The molecule has 0 bridgehead atoms. The van der Waals surface area contributed by atoms with Gasteiger partial charge < -0.3 is 5.11 Å². The van der Waals surface area contributed by atoms with Gasteiger partial charge in [-0.15, -0.1) is 0 Å². The van der Waals surface area contributed by atoms with Gasteiger partial charge in [-0.3, -0.25) is 0 Å². The zero-order valence-electron chi connectivity index (χ0n) is 8.09. The molecule has 0 aromatic heterocycles. The summed E-state index contributed by atoms with van der Waals surface area (Å²) in [6, 6.07) is 0. The first-order valence-electron chi connectivity index (χ1n) is 4.31. The zero-order chi connectivity index (χ0) is 8.91. The standard InChI is InChI=1S/C10H20O/c1-5-6-7-8-9(11)10(2,3)4/h6-7,9,11H,5,8H2,1-4H3/b7-6-/t9-/m0/s1. The molecule has 0 aliphatic heterocycles. The average molecular weight is 156 g/mol. The minimum atomic E-state index is -0.217. The van der Waals surface area contributed by atoms with E-state index in [9.17, 15) is 5.11 Å². The number of hydrogen-bond acceptors (Lipinski definition) is 1. The lowest BCUT2D eigenvalue weighted by molar-refractivity contribution is 0.0659. The molecule has 0 saturated carbocycles. The van der Waals surface area contributed by atoms with Gasteiger partial charge in [-0.25, -0.2) is 0 Å². The van der Waals surface area contributed by atoms with E-state index >= 15 is 0 Å². The highest BCUT2D eigenvalue weighted by molar-refractivity contribution is 4.86. The van der Waals surface area contributed by atoms with E-state index in [0.29, 0.717) is 0 Å². The van der Waals surface area contributed by atoms with Crippen LogP contribution in [0.2, 0.25) is 0 Å². The van der Waals surface area contributed by atoms with Gasteiger partial charge in [-0.1, -0.05) is 39.8 Å². The Hall–Kier alpha value is -0.300. The molecule has 1 nitrogen and oxygen atoms in total. The van der Waals surface area contributed by atoms with Crippen molar-refractivity contribution in [2.75, 3.05) is 0 Å². The van der Waals surface area contributed by atoms with Gasteiger partial charge in [0.15, 0.2) is 0 Å². The SMILES string of the molecule is CC/C=C\C[C@H](O)C(C)(C)C. The van der Waals surface area contributed by atoms with Crippen LogP contribution in [0.1, 0.15) is 40.5 Å². The maximum atomic E-state index is 9.56. The molecule has 0 aliphatic carbocycles. The van der Waals surface area contributed by atoms with Crippen molar-refractivity contribution in [2.24, 2.45) is 5.41 Å². The molecule has 0 aromatic rings. The average Bonchev–Trinajstić information content (AvgIpc) is 1.86. The Morgan fingerprint density at radius 3 is 2.18 bits per heavy atom. The smallest absolute Gasteiger partial charge is 0.0622 e. The van der Waals surface area contributed by atoms with E-state index in [1.165, 1.54) is 0 Å². The van der Waals surface area contributed by atoms with Crippen molar-refractivity contribution in [1.29, 1.82) is 0 Å². The third-order valence-electron chi connectivity index (χ3n) is 1.76. The summed E-state index contributed by atoms with van der Waals surface area (Å²) >= 11 is 0. The second-order valence-electron chi connectivity index (χ2n) is 4.00. The number of aliphatic hydroxyl groups excluding tert-OH is 1. The van der Waals surface area contributed by atoms with E-state index < -0.39 is 0 Å². The van der Waals surface area contributed by atoms with Gasteiger partial charge in [0, 0.05) is 0 Å². The summed E-state index contributed by atoms with van der Waals surface area (Å²) in [5, 5.41) is 9.56. The van der Waals surface area contributed by atoms with Crippen LogP contribution in [0.15, 0.2) is 12.2 Å². The summed E-state index contributed by atoms with van der Waals surface area (Å²) in [7, 11) is 0. The fraction of sp³-hybridized carbons (Fsp3) is 0.800. The van der Waals surface area contributed by atoms with Gasteiger partial charge in [0.25, 0.3) is 0 Å². The molecule has 0 amide bonds. The van der Waals surface area contributed by atoms with Crippen LogP contribution in [-0.2, 0) is 0 Å². The molecule has 0 radical (unpaired) electrons. The van der Waals surface area contributed by atoms with Gasteiger partial charge >= 0.3 is 0 Å². The highest BCUT2D eigenvalue weighted by Crippen LogP contribution is 2.21. The first-order valence-corrected chi connectivity index (χ1v) is 4.31. The Kier molecular flexibility index (Phi) is 4.43. The van der Waals surface area contributed by atoms with Crippen LogP contribution in [-0.4, -0.2) is 11.2 Å². The molecule has 1 N–H and O–H groups in total. The molecule has 0 spiro atoms. The molecular formula is C10H20O. The Bertz CT molecular complexity index is 119. The molecule has 11 heavy (non-hydrogen) atoms. The van der Waals surface area contributed by atoms with Gasteiger partial charge in [0.1, 0.15) is 0 Å². The largest absolute Gasteiger partial charge is 0.392 e. The zero-order valence-corrected chi connectivity index (χ0v) is 8.09. The lowest BCUT2D eigenvalue weighted by atomic mass is 9.87. The lowest BCUT2D eigenvalue weighted by Gasteiger charge is -2.24. The minimum absolute atomic E-state index is 0.0120. The predicted octanol–water partition coefficient (Wildman–Crippen LogP) is 2.75. The van der Waals surface area contributed by atoms with E-state index in [1.54, 1.807) is 0 Å². The first kappa shape index (κ1) is 10.7. The van der Waals surface area contributed by atoms with Crippen molar-refractivity contribution in [2.45, 2.75) is 46.6 Å². The Morgan fingerprint density at radius 2 is 1.82 bits per heavy atom. The van der Waals surface area contributed by atoms with Crippen molar-refractivity contribution < 1.29 is 5.11 Å². The molecule has 1 atom stereocenters. The molecule has 0 rings (SSSR count). The highest BCUT2D eigenvalue weighted by Gasteiger charge is 2.19. The molecule has 66 valence electrons. The van der Waals surface area contributed by atoms with Crippen molar-refractivity contribution >= 4 is 0 Å². The fourth-order valence-electron chi connectivity index (χ4n) is 0.745. The summed E-state index contributed by atoms with van der Waals surface area (Å²) in [4.78, 5) is 0. The summed E-state index contributed by atoms with van der Waals surface area (Å²) in [5.74, 6) is 0. The van der Waals surface area contributed by atoms with Gasteiger partial charge in [0.05, 0.1) is 6.10 Å². The van der Waals surface area contributed by atoms with Crippen LogP contribution < -0.4 is 0 Å². The third-order valence-corrected chi connectivity index (χ3v) is 1.76. The van der Waals surface area contributed by atoms with Crippen LogP contribution in [0.3, 0.4) is 0 Å². The van der Waals surface area contributed by atoms with E-state index in [4.69, 9.17) is 0 Å². The number of aliphatic hydroxyl groups is 1. The summed E-state index contributed by atoms with van der Waals surface area (Å²) in [6.07, 6.45) is 5.75. The Labute approximate surface area is 70.1 Å². The van der Waals surface area contributed by atoms with E-state index in [2.05, 4.69) is 39.8 Å². The third kappa shape index (κ3) is 5.02. The van der Waals surface area contributed by atoms with Crippen LogP contribution >= 0.6 is 0 Å². The highest BCUT2D eigenvalue weighted by atomic mass is 16.3. The summed E-state index contributed by atoms with van der Waals surface area (Å²) < 4.78 is 0. The predicted molar refractivity (Wildman–Crippen MR) is 49.5 cm³/mol. The Morgan fingerprint density at radius 1 is 1.27 bits per heavy atom. The van der Waals surface area contributed by atoms with Crippen LogP contribution in [0.4, 0.5) is 0 Å². The molecule has 0 fully saturated rings. The topological polar surface area (TPSA) is 20.2 Å². The molecule has 0 unspecified atom stereocenters. The maximum Gasteiger partial charge on any atom is 0.0622 e. The molecule has 0 heterocycles. The number of allylic oxidation sites excluding steroid dienone is 1. The number of rotatable bonds is 3. The van der Waals surface area contributed by atoms with Gasteiger partial charge in [-0.05, 0) is 18.3 Å². The van der Waals surface area contributed by atoms with E-state index in [0.717, 1.165) is 12.8 Å². The molecule has 0 aromatic carbocycles.